The second-order valence-corrected chi connectivity index (χ2v) is 3.77. The van der Waals surface area contributed by atoms with Crippen LogP contribution in [0.1, 0.15) is 24.8 Å². The molecular weight excluding hydrogens is 230 g/mol. The van der Waals surface area contributed by atoms with E-state index in [1.54, 1.807) is 31.2 Å². The lowest BCUT2D eigenvalue weighted by atomic mass is 9.98. The average molecular weight is 244 g/mol. The molecule has 0 spiro atoms. The third-order valence-corrected chi connectivity index (χ3v) is 2.31. The Morgan fingerprint density at radius 3 is 2.41 bits per heavy atom. The lowest BCUT2D eigenvalue weighted by Gasteiger charge is -2.10. The fraction of sp³-hybridized carbons (Fsp3) is 0.417. The van der Waals surface area contributed by atoms with Gasteiger partial charge in [-0.1, -0.05) is 19.1 Å². The third-order valence-electron chi connectivity index (χ3n) is 2.31. The van der Waals surface area contributed by atoms with Crippen molar-refractivity contribution in [2.75, 3.05) is 6.61 Å². The van der Waals surface area contributed by atoms with Crippen molar-refractivity contribution in [2.45, 2.75) is 25.7 Å². The van der Waals surface area contributed by atoms with Gasteiger partial charge in [-0.15, -0.1) is 0 Å². The van der Waals surface area contributed by atoms with E-state index >= 15 is 0 Å². The zero-order valence-corrected chi connectivity index (χ0v) is 9.40. The van der Waals surface area contributed by atoms with Gasteiger partial charge in [0, 0.05) is 0 Å². The molecule has 0 radical (unpaired) electrons. The first-order valence-electron chi connectivity index (χ1n) is 5.21. The number of carboxylic acids is 1. The fourth-order valence-corrected chi connectivity index (χ4v) is 1.43. The van der Waals surface area contributed by atoms with Crippen molar-refractivity contribution < 1.29 is 23.4 Å². The van der Waals surface area contributed by atoms with E-state index in [4.69, 9.17) is 9.84 Å². The van der Waals surface area contributed by atoms with Crippen LogP contribution in [0.5, 0.6) is 5.75 Å². The second kappa shape index (κ2) is 6.18. The largest absolute Gasteiger partial charge is 0.488 e. The molecule has 5 heteroatoms. The highest BCUT2D eigenvalue weighted by atomic mass is 19.3. The summed E-state index contributed by atoms with van der Waals surface area (Å²) in [5.41, 5.74) is 0.844. The molecule has 17 heavy (non-hydrogen) atoms. The van der Waals surface area contributed by atoms with Crippen LogP contribution in [0, 0.1) is 0 Å². The fourth-order valence-electron chi connectivity index (χ4n) is 1.43. The van der Waals surface area contributed by atoms with Crippen LogP contribution in [0.4, 0.5) is 8.78 Å². The van der Waals surface area contributed by atoms with Crippen molar-refractivity contribution in [2.24, 2.45) is 0 Å². The average Bonchev–Trinajstić information content (AvgIpc) is 2.26. The molecule has 1 aromatic rings. The Bertz CT molecular complexity index is 363. The van der Waals surface area contributed by atoms with Gasteiger partial charge in [0.05, 0.1) is 6.42 Å². The maximum atomic E-state index is 11.9. The van der Waals surface area contributed by atoms with Gasteiger partial charge in [-0.25, -0.2) is 8.78 Å². The lowest BCUT2D eigenvalue weighted by Crippen LogP contribution is -2.07. The minimum absolute atomic E-state index is 0.0389. The van der Waals surface area contributed by atoms with Gasteiger partial charge in [-0.05, 0) is 23.6 Å². The minimum atomic E-state index is -2.50. The van der Waals surface area contributed by atoms with Crippen LogP contribution in [0.25, 0.3) is 0 Å². The van der Waals surface area contributed by atoms with E-state index in [1.807, 2.05) is 0 Å². The van der Waals surface area contributed by atoms with E-state index < -0.39 is 19.0 Å². The molecule has 94 valence electrons. The summed E-state index contributed by atoms with van der Waals surface area (Å²) >= 11 is 0. The zero-order chi connectivity index (χ0) is 12.8. The molecule has 1 atom stereocenters. The molecule has 0 aromatic heterocycles. The maximum Gasteiger partial charge on any atom is 0.303 e. The van der Waals surface area contributed by atoms with E-state index in [1.165, 1.54) is 0 Å². The summed E-state index contributed by atoms with van der Waals surface area (Å²) in [7, 11) is 0. The first-order valence-corrected chi connectivity index (χ1v) is 5.21. The van der Waals surface area contributed by atoms with Crippen LogP contribution in [-0.4, -0.2) is 24.1 Å². The number of rotatable bonds is 6. The van der Waals surface area contributed by atoms with Crippen molar-refractivity contribution in [3.8, 4) is 5.75 Å². The van der Waals surface area contributed by atoms with E-state index in [0.29, 0.717) is 5.75 Å². The van der Waals surface area contributed by atoms with Crippen LogP contribution < -0.4 is 4.74 Å². The van der Waals surface area contributed by atoms with Gasteiger partial charge in [-0.2, -0.15) is 0 Å². The van der Waals surface area contributed by atoms with Crippen molar-refractivity contribution in [1.29, 1.82) is 0 Å². The number of halogens is 2. The number of hydrogen-bond donors (Lipinski definition) is 1. The van der Waals surface area contributed by atoms with Crippen LogP contribution in [-0.2, 0) is 4.79 Å². The molecule has 0 saturated heterocycles. The van der Waals surface area contributed by atoms with Gasteiger partial charge in [0.25, 0.3) is 6.43 Å². The summed E-state index contributed by atoms with van der Waals surface area (Å²) in [5, 5.41) is 8.64. The number of benzene rings is 1. The van der Waals surface area contributed by atoms with E-state index in [-0.39, 0.29) is 12.3 Å². The number of ether oxygens (including phenoxy) is 1. The maximum absolute atomic E-state index is 11.9. The number of carbonyl (C=O) groups is 1. The molecule has 1 N–H and O–H groups in total. The van der Waals surface area contributed by atoms with Gasteiger partial charge < -0.3 is 9.84 Å². The van der Waals surface area contributed by atoms with E-state index in [9.17, 15) is 13.6 Å². The highest BCUT2D eigenvalue weighted by Crippen LogP contribution is 2.22. The van der Waals surface area contributed by atoms with Gasteiger partial charge in [0.1, 0.15) is 12.4 Å². The zero-order valence-electron chi connectivity index (χ0n) is 9.40. The highest BCUT2D eigenvalue weighted by molar-refractivity contribution is 5.67. The van der Waals surface area contributed by atoms with Crippen molar-refractivity contribution in [3.63, 3.8) is 0 Å². The molecule has 0 heterocycles. The quantitative estimate of drug-likeness (QED) is 0.836. The Morgan fingerprint density at radius 1 is 1.35 bits per heavy atom. The molecule has 1 aromatic carbocycles. The van der Waals surface area contributed by atoms with Crippen LogP contribution >= 0.6 is 0 Å². The Hall–Kier alpha value is -1.65. The van der Waals surface area contributed by atoms with Crippen molar-refractivity contribution in [1.82, 2.24) is 0 Å². The van der Waals surface area contributed by atoms with Gasteiger partial charge >= 0.3 is 5.97 Å². The Balaban J connectivity index is 2.58. The molecule has 0 saturated carbocycles. The minimum Gasteiger partial charge on any atom is -0.488 e. The SMILES string of the molecule is CC(CC(=O)O)c1ccc(OCC(F)F)cc1. The Labute approximate surface area is 98.0 Å². The molecule has 0 amide bonds. The van der Waals surface area contributed by atoms with Gasteiger partial charge in [0.15, 0.2) is 0 Å². The molecular formula is C12H14F2O3. The highest BCUT2D eigenvalue weighted by Gasteiger charge is 2.10. The standard InChI is InChI=1S/C12H14F2O3/c1-8(6-12(15)16)9-2-4-10(5-3-9)17-7-11(13)14/h2-5,8,11H,6-7H2,1H3,(H,15,16). The monoisotopic (exact) mass is 244 g/mol. The topological polar surface area (TPSA) is 46.5 Å². The number of carboxylic acid groups (broad SMARTS) is 1. The summed E-state index contributed by atoms with van der Waals surface area (Å²) in [4.78, 5) is 10.5. The molecule has 3 nitrogen and oxygen atoms in total. The Kier molecular flexibility index (Phi) is 4.87. The summed E-state index contributed by atoms with van der Waals surface area (Å²) in [5.74, 6) is -0.622. The van der Waals surface area contributed by atoms with Crippen molar-refractivity contribution >= 4 is 5.97 Å². The summed E-state index contributed by atoms with van der Waals surface area (Å²) < 4.78 is 28.6. The molecule has 0 fully saturated rings. The molecule has 1 rings (SSSR count). The normalized spacial score (nSPS) is 12.5. The van der Waals surface area contributed by atoms with Crippen LogP contribution in [0.15, 0.2) is 24.3 Å². The van der Waals surface area contributed by atoms with E-state index in [0.717, 1.165) is 5.56 Å². The molecule has 0 aliphatic heterocycles. The van der Waals surface area contributed by atoms with Gasteiger partial charge in [0.2, 0.25) is 0 Å². The number of aliphatic carboxylic acids is 1. The summed E-state index contributed by atoms with van der Waals surface area (Å²) in [6.45, 7) is 1.16. The van der Waals surface area contributed by atoms with Crippen LogP contribution in [0.2, 0.25) is 0 Å². The van der Waals surface area contributed by atoms with Crippen LogP contribution in [0.3, 0.4) is 0 Å². The van der Waals surface area contributed by atoms with Gasteiger partial charge in [-0.3, -0.25) is 4.79 Å². The number of hydrogen-bond acceptors (Lipinski definition) is 2. The predicted molar refractivity (Wildman–Crippen MR) is 58.6 cm³/mol. The predicted octanol–water partition coefficient (Wildman–Crippen LogP) is 2.91. The first-order chi connectivity index (χ1) is 7.99. The Morgan fingerprint density at radius 2 is 1.94 bits per heavy atom. The summed E-state index contributed by atoms with van der Waals surface area (Å²) in [6.07, 6.45) is -2.46. The van der Waals surface area contributed by atoms with E-state index in [2.05, 4.69) is 0 Å². The first kappa shape index (κ1) is 13.4. The molecule has 0 aliphatic rings. The third kappa shape index (κ3) is 4.80. The molecule has 0 bridgehead atoms. The molecule has 0 aliphatic carbocycles. The smallest absolute Gasteiger partial charge is 0.303 e. The summed E-state index contributed by atoms with van der Waals surface area (Å²) in [6, 6.07) is 6.51. The van der Waals surface area contributed by atoms with Crippen molar-refractivity contribution in [3.05, 3.63) is 29.8 Å². The molecule has 1 unspecified atom stereocenters. The number of alkyl halides is 2. The second-order valence-electron chi connectivity index (χ2n) is 3.77. The lowest BCUT2D eigenvalue weighted by molar-refractivity contribution is -0.137.